The first kappa shape index (κ1) is 16.3. The van der Waals surface area contributed by atoms with E-state index in [1.54, 1.807) is 0 Å². The summed E-state index contributed by atoms with van der Waals surface area (Å²) in [6.45, 7) is 16.7. The normalized spacial score (nSPS) is 36.8. The monoisotopic (exact) mass is 280 g/mol. The lowest BCUT2D eigenvalue weighted by Crippen LogP contribution is -2.63. The van der Waals surface area contributed by atoms with Crippen molar-refractivity contribution in [2.75, 3.05) is 0 Å². The van der Waals surface area contributed by atoms with E-state index in [-0.39, 0.29) is 11.1 Å². The molecule has 2 heteroatoms. The van der Waals surface area contributed by atoms with Gasteiger partial charge in [0.25, 0.3) is 0 Å². The van der Waals surface area contributed by atoms with Crippen molar-refractivity contribution in [1.29, 1.82) is 0 Å². The van der Waals surface area contributed by atoms with Gasteiger partial charge >= 0.3 is 0 Å². The van der Waals surface area contributed by atoms with Gasteiger partial charge in [-0.15, -0.1) is 0 Å². The van der Waals surface area contributed by atoms with Crippen molar-refractivity contribution in [3.05, 3.63) is 0 Å². The molecule has 20 heavy (non-hydrogen) atoms. The third kappa shape index (κ3) is 4.21. The summed E-state index contributed by atoms with van der Waals surface area (Å²) in [5.41, 5.74) is 1.04. The molecule has 0 spiro atoms. The van der Waals surface area contributed by atoms with Crippen molar-refractivity contribution in [2.24, 2.45) is 11.3 Å². The van der Waals surface area contributed by atoms with Gasteiger partial charge in [-0.1, -0.05) is 20.8 Å². The Morgan fingerprint density at radius 2 is 1.45 bits per heavy atom. The maximum atomic E-state index is 4.02. The zero-order valence-corrected chi connectivity index (χ0v) is 14.8. The lowest BCUT2D eigenvalue weighted by atomic mass is 9.70. The van der Waals surface area contributed by atoms with E-state index in [0.29, 0.717) is 11.5 Å². The van der Waals surface area contributed by atoms with Crippen LogP contribution in [0.15, 0.2) is 0 Å². The summed E-state index contributed by atoms with van der Waals surface area (Å²) in [5.74, 6) is 0.805. The van der Waals surface area contributed by atoms with E-state index in [4.69, 9.17) is 0 Å². The molecule has 1 aliphatic carbocycles. The van der Waals surface area contributed by atoms with Gasteiger partial charge in [0, 0.05) is 23.2 Å². The number of hydrogen-bond acceptors (Lipinski definition) is 2. The number of nitrogens with one attached hydrogen (secondary N) is 2. The van der Waals surface area contributed by atoms with Crippen molar-refractivity contribution in [2.45, 2.75) is 104 Å². The standard InChI is InChI=1S/C18H36N2/c1-13-10-16(2,3)9-8-15(13)19-14-11-17(4,5)20-18(6,7)12-14/h13-15,19-20H,8-12H2,1-7H3. The van der Waals surface area contributed by atoms with Gasteiger partial charge in [-0.2, -0.15) is 0 Å². The largest absolute Gasteiger partial charge is 0.311 e. The van der Waals surface area contributed by atoms with Crippen molar-refractivity contribution in [3.8, 4) is 0 Å². The fourth-order valence-electron chi connectivity index (χ4n) is 4.94. The topological polar surface area (TPSA) is 24.1 Å². The van der Waals surface area contributed by atoms with E-state index in [2.05, 4.69) is 59.1 Å². The van der Waals surface area contributed by atoms with Crippen LogP contribution in [-0.2, 0) is 0 Å². The molecule has 2 nitrogen and oxygen atoms in total. The summed E-state index contributed by atoms with van der Waals surface area (Å²) in [7, 11) is 0. The van der Waals surface area contributed by atoms with Crippen molar-refractivity contribution in [1.82, 2.24) is 10.6 Å². The van der Waals surface area contributed by atoms with Gasteiger partial charge in [0.1, 0.15) is 0 Å². The highest BCUT2D eigenvalue weighted by molar-refractivity contribution is 5.01. The third-order valence-electron chi connectivity index (χ3n) is 5.33. The number of hydrogen-bond donors (Lipinski definition) is 2. The molecule has 0 bridgehead atoms. The second-order valence-electron chi connectivity index (χ2n) is 9.66. The highest BCUT2D eigenvalue weighted by atomic mass is 15.1. The lowest BCUT2D eigenvalue weighted by Gasteiger charge is -2.49. The van der Waals surface area contributed by atoms with Crippen LogP contribution in [0.3, 0.4) is 0 Å². The fraction of sp³-hybridized carbons (Fsp3) is 1.00. The summed E-state index contributed by atoms with van der Waals surface area (Å²) >= 11 is 0. The van der Waals surface area contributed by atoms with E-state index in [0.717, 1.165) is 12.0 Å². The molecule has 118 valence electrons. The van der Waals surface area contributed by atoms with Crippen LogP contribution in [0.4, 0.5) is 0 Å². The van der Waals surface area contributed by atoms with Crippen molar-refractivity contribution >= 4 is 0 Å². The maximum absolute atomic E-state index is 4.02. The Morgan fingerprint density at radius 1 is 0.900 bits per heavy atom. The molecule has 0 aromatic rings. The first-order valence-electron chi connectivity index (χ1n) is 8.54. The maximum Gasteiger partial charge on any atom is 0.0144 e. The highest BCUT2D eigenvalue weighted by Gasteiger charge is 2.40. The summed E-state index contributed by atoms with van der Waals surface area (Å²) in [4.78, 5) is 0. The van der Waals surface area contributed by atoms with Crippen LogP contribution < -0.4 is 10.6 Å². The van der Waals surface area contributed by atoms with Gasteiger partial charge < -0.3 is 10.6 Å². The van der Waals surface area contributed by atoms with Crippen LogP contribution in [0.2, 0.25) is 0 Å². The van der Waals surface area contributed by atoms with Gasteiger partial charge in [0.15, 0.2) is 0 Å². The van der Waals surface area contributed by atoms with E-state index < -0.39 is 0 Å². The van der Waals surface area contributed by atoms with Crippen molar-refractivity contribution < 1.29 is 0 Å². The Hall–Kier alpha value is -0.0800. The van der Waals surface area contributed by atoms with Gasteiger partial charge in [0.2, 0.25) is 0 Å². The lowest BCUT2D eigenvalue weighted by molar-refractivity contribution is 0.101. The predicted molar refractivity (Wildman–Crippen MR) is 88.0 cm³/mol. The summed E-state index contributed by atoms with van der Waals surface area (Å²) < 4.78 is 0. The van der Waals surface area contributed by atoms with Crippen LogP contribution in [0.1, 0.15) is 80.6 Å². The highest BCUT2D eigenvalue weighted by Crippen LogP contribution is 2.39. The van der Waals surface area contributed by atoms with Crippen LogP contribution in [-0.4, -0.2) is 23.2 Å². The molecular formula is C18H36N2. The van der Waals surface area contributed by atoms with Crippen LogP contribution >= 0.6 is 0 Å². The SMILES string of the molecule is CC1CC(C)(C)CCC1NC1CC(C)(C)NC(C)(C)C1. The van der Waals surface area contributed by atoms with Gasteiger partial charge in [-0.25, -0.2) is 0 Å². The minimum atomic E-state index is 0.247. The summed E-state index contributed by atoms with van der Waals surface area (Å²) in [5, 5.41) is 7.80. The Labute approximate surface area is 126 Å². The summed E-state index contributed by atoms with van der Waals surface area (Å²) in [6.07, 6.45) is 6.56. The third-order valence-corrected chi connectivity index (χ3v) is 5.33. The molecule has 1 saturated carbocycles. The molecular weight excluding hydrogens is 244 g/mol. The van der Waals surface area contributed by atoms with Gasteiger partial charge in [-0.3, -0.25) is 0 Å². The minimum Gasteiger partial charge on any atom is -0.311 e. The summed E-state index contributed by atoms with van der Waals surface area (Å²) in [6, 6.07) is 1.38. The average molecular weight is 281 g/mol. The zero-order chi connectivity index (χ0) is 15.2. The Bertz CT molecular complexity index is 327. The van der Waals surface area contributed by atoms with E-state index in [1.165, 1.54) is 32.1 Å². The predicted octanol–water partition coefficient (Wildman–Crippen LogP) is 4.10. The number of piperidine rings is 1. The molecule has 2 fully saturated rings. The minimum absolute atomic E-state index is 0.247. The van der Waals surface area contributed by atoms with Gasteiger partial charge in [0.05, 0.1) is 0 Å². The molecule has 1 saturated heterocycles. The Kier molecular flexibility index (Phi) is 4.30. The van der Waals surface area contributed by atoms with E-state index in [9.17, 15) is 0 Å². The smallest absolute Gasteiger partial charge is 0.0144 e. The molecule has 2 unspecified atom stereocenters. The molecule has 2 aliphatic rings. The Morgan fingerprint density at radius 3 is 1.95 bits per heavy atom. The molecule has 1 aliphatic heterocycles. The first-order chi connectivity index (χ1) is 8.98. The molecule has 0 amide bonds. The molecule has 1 heterocycles. The molecule has 0 aromatic heterocycles. The van der Waals surface area contributed by atoms with Crippen LogP contribution in [0.25, 0.3) is 0 Å². The van der Waals surface area contributed by atoms with Crippen molar-refractivity contribution in [3.63, 3.8) is 0 Å². The zero-order valence-electron chi connectivity index (χ0n) is 14.8. The van der Waals surface area contributed by atoms with Crippen LogP contribution in [0.5, 0.6) is 0 Å². The molecule has 0 radical (unpaired) electrons. The quantitative estimate of drug-likeness (QED) is 0.796. The van der Waals surface area contributed by atoms with E-state index in [1.807, 2.05) is 0 Å². The second-order valence-corrected chi connectivity index (χ2v) is 9.66. The Balaban J connectivity index is 1.96. The average Bonchev–Trinajstić information content (AvgIpc) is 2.16. The van der Waals surface area contributed by atoms with Crippen LogP contribution in [0, 0.1) is 11.3 Å². The molecule has 2 atom stereocenters. The second kappa shape index (κ2) is 5.28. The first-order valence-corrected chi connectivity index (χ1v) is 8.54. The molecule has 0 aromatic carbocycles. The molecule has 2 rings (SSSR count). The van der Waals surface area contributed by atoms with Gasteiger partial charge in [-0.05, 0) is 71.1 Å². The number of rotatable bonds is 2. The van der Waals surface area contributed by atoms with E-state index >= 15 is 0 Å². The fourth-order valence-corrected chi connectivity index (χ4v) is 4.94. The molecule has 2 N–H and O–H groups in total.